The molecule has 1 amide bonds. The lowest BCUT2D eigenvalue weighted by Gasteiger charge is -2.37. The third-order valence-electron chi connectivity index (χ3n) is 5.58. The fourth-order valence-corrected chi connectivity index (χ4v) is 4.20. The Hall–Kier alpha value is -2.34. The SMILES string of the molecule is COc1ccc2c(c1)C[C@@H](N[C@@H]1CCC(=O)N[C@H]1c1cnn(C)c1)CC2. The standard InChI is InChI=1S/C20H26N4O2/c1-24-12-15(11-21-24)20-18(7-8-19(25)23-20)22-16-5-3-13-4-6-17(26-2)10-14(13)9-16/h4,6,10-12,16,18,20,22H,3,5,7-9H2,1-2H3,(H,23,25)/t16-,18+,20-/m0/s1. The van der Waals surface area contributed by atoms with Gasteiger partial charge in [0.05, 0.1) is 19.3 Å². The second kappa shape index (κ2) is 7.11. The molecule has 0 saturated carbocycles. The first-order valence-corrected chi connectivity index (χ1v) is 9.32. The molecule has 138 valence electrons. The molecule has 0 bridgehead atoms. The Morgan fingerprint density at radius 1 is 1.27 bits per heavy atom. The normalized spacial score (nSPS) is 25.5. The van der Waals surface area contributed by atoms with Gasteiger partial charge >= 0.3 is 0 Å². The summed E-state index contributed by atoms with van der Waals surface area (Å²) in [5.74, 6) is 1.04. The molecule has 2 heterocycles. The van der Waals surface area contributed by atoms with Gasteiger partial charge in [0, 0.05) is 37.3 Å². The summed E-state index contributed by atoms with van der Waals surface area (Å²) in [6.07, 6.45) is 8.46. The van der Waals surface area contributed by atoms with Crippen molar-refractivity contribution in [2.45, 2.75) is 50.2 Å². The number of rotatable bonds is 4. The number of nitrogens with zero attached hydrogens (tertiary/aromatic N) is 2. The van der Waals surface area contributed by atoms with E-state index in [1.54, 1.807) is 11.8 Å². The third-order valence-corrected chi connectivity index (χ3v) is 5.58. The van der Waals surface area contributed by atoms with Crippen molar-refractivity contribution in [3.05, 3.63) is 47.3 Å². The number of amides is 1. The molecule has 1 aliphatic heterocycles. The molecular weight excluding hydrogens is 328 g/mol. The van der Waals surface area contributed by atoms with Crippen molar-refractivity contribution >= 4 is 5.91 Å². The number of aryl methyl sites for hydroxylation is 2. The van der Waals surface area contributed by atoms with E-state index >= 15 is 0 Å². The molecule has 1 saturated heterocycles. The number of fused-ring (bicyclic) bond motifs is 1. The molecule has 26 heavy (non-hydrogen) atoms. The number of carbonyl (C=O) groups is 1. The first-order chi connectivity index (χ1) is 12.6. The van der Waals surface area contributed by atoms with Gasteiger partial charge in [0.15, 0.2) is 0 Å². The summed E-state index contributed by atoms with van der Waals surface area (Å²) in [7, 11) is 3.62. The number of hydrogen-bond donors (Lipinski definition) is 2. The Morgan fingerprint density at radius 3 is 2.92 bits per heavy atom. The molecule has 1 aromatic carbocycles. The van der Waals surface area contributed by atoms with Crippen LogP contribution in [0.2, 0.25) is 0 Å². The van der Waals surface area contributed by atoms with Crippen LogP contribution in [0, 0.1) is 0 Å². The van der Waals surface area contributed by atoms with Crippen LogP contribution in [-0.2, 0) is 24.7 Å². The summed E-state index contributed by atoms with van der Waals surface area (Å²) in [5.41, 5.74) is 3.85. The highest BCUT2D eigenvalue weighted by Crippen LogP contribution is 2.29. The average molecular weight is 354 g/mol. The highest BCUT2D eigenvalue weighted by Gasteiger charge is 2.33. The first kappa shape index (κ1) is 17.1. The molecule has 4 rings (SSSR count). The van der Waals surface area contributed by atoms with Crippen molar-refractivity contribution in [3.63, 3.8) is 0 Å². The summed E-state index contributed by atoms with van der Waals surface area (Å²) in [4.78, 5) is 11.9. The molecule has 2 aliphatic rings. The van der Waals surface area contributed by atoms with Gasteiger partial charge in [-0.15, -0.1) is 0 Å². The number of methoxy groups -OCH3 is 1. The van der Waals surface area contributed by atoms with E-state index in [0.29, 0.717) is 12.5 Å². The van der Waals surface area contributed by atoms with Crippen LogP contribution in [0.1, 0.15) is 42.0 Å². The van der Waals surface area contributed by atoms with Gasteiger partial charge in [-0.3, -0.25) is 9.48 Å². The fourth-order valence-electron chi connectivity index (χ4n) is 4.20. The quantitative estimate of drug-likeness (QED) is 0.880. The number of nitrogens with one attached hydrogen (secondary N) is 2. The second-order valence-electron chi connectivity index (χ2n) is 7.38. The Morgan fingerprint density at radius 2 is 2.15 bits per heavy atom. The van der Waals surface area contributed by atoms with Gasteiger partial charge in [-0.25, -0.2) is 0 Å². The van der Waals surface area contributed by atoms with Gasteiger partial charge < -0.3 is 15.4 Å². The van der Waals surface area contributed by atoms with E-state index in [4.69, 9.17) is 4.74 Å². The maximum absolute atomic E-state index is 11.9. The van der Waals surface area contributed by atoms with Gasteiger partial charge in [0.25, 0.3) is 0 Å². The van der Waals surface area contributed by atoms with Crippen LogP contribution in [0.3, 0.4) is 0 Å². The molecule has 0 spiro atoms. The van der Waals surface area contributed by atoms with Crippen molar-refractivity contribution < 1.29 is 9.53 Å². The number of ether oxygens (including phenoxy) is 1. The molecule has 3 atom stereocenters. The predicted octanol–water partition coefficient (Wildman–Crippen LogP) is 1.90. The number of hydrogen-bond acceptors (Lipinski definition) is 4. The summed E-state index contributed by atoms with van der Waals surface area (Å²) < 4.78 is 7.17. The number of benzene rings is 1. The number of carbonyl (C=O) groups excluding carboxylic acids is 1. The molecular formula is C20H26N4O2. The van der Waals surface area contributed by atoms with Gasteiger partial charge in [0.2, 0.25) is 5.91 Å². The molecule has 6 heteroatoms. The predicted molar refractivity (Wildman–Crippen MR) is 99.1 cm³/mol. The summed E-state index contributed by atoms with van der Waals surface area (Å²) in [6.45, 7) is 0. The van der Waals surface area contributed by atoms with Gasteiger partial charge in [-0.2, -0.15) is 5.10 Å². The highest BCUT2D eigenvalue weighted by atomic mass is 16.5. The van der Waals surface area contributed by atoms with E-state index in [1.807, 2.05) is 25.5 Å². The minimum atomic E-state index is -0.0170. The van der Waals surface area contributed by atoms with E-state index in [1.165, 1.54) is 11.1 Å². The van der Waals surface area contributed by atoms with E-state index < -0.39 is 0 Å². The van der Waals surface area contributed by atoms with Crippen LogP contribution < -0.4 is 15.4 Å². The molecule has 1 fully saturated rings. The van der Waals surface area contributed by atoms with Crippen LogP contribution in [0.15, 0.2) is 30.6 Å². The summed E-state index contributed by atoms with van der Waals surface area (Å²) >= 11 is 0. The maximum atomic E-state index is 11.9. The monoisotopic (exact) mass is 354 g/mol. The van der Waals surface area contributed by atoms with E-state index in [9.17, 15) is 4.79 Å². The lowest BCUT2D eigenvalue weighted by Crippen LogP contribution is -2.52. The second-order valence-corrected chi connectivity index (χ2v) is 7.38. The fraction of sp³-hybridized carbons (Fsp3) is 0.500. The largest absolute Gasteiger partial charge is 0.497 e. The van der Waals surface area contributed by atoms with Crippen molar-refractivity contribution in [2.24, 2.45) is 7.05 Å². The Bertz CT molecular complexity index is 801. The van der Waals surface area contributed by atoms with E-state index in [0.717, 1.165) is 37.0 Å². The van der Waals surface area contributed by atoms with Crippen LogP contribution in [-0.4, -0.2) is 34.9 Å². The Balaban J connectivity index is 1.49. The molecule has 1 aliphatic carbocycles. The van der Waals surface area contributed by atoms with E-state index in [2.05, 4.69) is 27.9 Å². The Kier molecular flexibility index (Phi) is 4.68. The van der Waals surface area contributed by atoms with E-state index in [-0.39, 0.29) is 18.0 Å². The lowest BCUT2D eigenvalue weighted by atomic mass is 9.86. The third kappa shape index (κ3) is 3.46. The average Bonchev–Trinajstić information content (AvgIpc) is 3.08. The zero-order chi connectivity index (χ0) is 18.1. The summed E-state index contributed by atoms with van der Waals surface area (Å²) in [6, 6.07) is 7.01. The topological polar surface area (TPSA) is 68.2 Å². The zero-order valence-corrected chi connectivity index (χ0v) is 15.4. The number of piperidine rings is 1. The first-order valence-electron chi connectivity index (χ1n) is 9.32. The van der Waals surface area contributed by atoms with Crippen LogP contribution in [0.25, 0.3) is 0 Å². The summed E-state index contributed by atoms with van der Waals surface area (Å²) in [5, 5.41) is 11.2. The van der Waals surface area contributed by atoms with Crippen molar-refractivity contribution in [3.8, 4) is 5.75 Å². The number of aromatic nitrogens is 2. The highest BCUT2D eigenvalue weighted by molar-refractivity contribution is 5.77. The van der Waals surface area contributed by atoms with Crippen molar-refractivity contribution in [1.82, 2.24) is 20.4 Å². The molecule has 6 nitrogen and oxygen atoms in total. The van der Waals surface area contributed by atoms with Crippen LogP contribution >= 0.6 is 0 Å². The van der Waals surface area contributed by atoms with Crippen LogP contribution in [0.5, 0.6) is 5.75 Å². The van der Waals surface area contributed by atoms with Crippen molar-refractivity contribution in [1.29, 1.82) is 0 Å². The minimum Gasteiger partial charge on any atom is -0.497 e. The molecule has 1 aromatic heterocycles. The van der Waals surface area contributed by atoms with Gasteiger partial charge in [0.1, 0.15) is 5.75 Å². The van der Waals surface area contributed by atoms with Gasteiger partial charge in [-0.05, 0) is 48.9 Å². The molecule has 0 unspecified atom stereocenters. The van der Waals surface area contributed by atoms with Gasteiger partial charge in [-0.1, -0.05) is 6.07 Å². The van der Waals surface area contributed by atoms with Crippen LogP contribution in [0.4, 0.5) is 0 Å². The zero-order valence-electron chi connectivity index (χ0n) is 15.4. The smallest absolute Gasteiger partial charge is 0.220 e. The van der Waals surface area contributed by atoms with Crippen molar-refractivity contribution in [2.75, 3.05) is 7.11 Å². The molecule has 2 N–H and O–H groups in total. The molecule has 2 aromatic rings. The Labute approximate surface area is 153 Å². The maximum Gasteiger partial charge on any atom is 0.220 e. The lowest BCUT2D eigenvalue weighted by molar-refractivity contribution is -0.124. The minimum absolute atomic E-state index is 0.0170. The molecule has 0 radical (unpaired) electrons.